The summed E-state index contributed by atoms with van der Waals surface area (Å²) >= 11 is 0. The van der Waals surface area contributed by atoms with E-state index >= 15 is 19.2 Å². The Morgan fingerprint density at radius 2 is 1.41 bits per heavy atom. The fraction of sp³-hybridized carbons (Fsp3) is 0.286. The van der Waals surface area contributed by atoms with E-state index in [9.17, 15) is 5.11 Å². The third-order valence-electron chi connectivity index (χ3n) is 14.6. The maximum atomic E-state index is 16.6. The zero-order chi connectivity index (χ0) is 47.9. The molecule has 14 nitrogen and oxygen atoms in total. The molecule has 4 amide bonds. The van der Waals surface area contributed by atoms with Gasteiger partial charge in [-0.1, -0.05) is 133 Å². The normalized spacial score (nSPS) is 24.2. The SMILES string of the molecule is C[C@@H](NC(=O)N1C(=O)[C@@]2(c3ccccc31)[C@H](C(=O)N1CCN(Cc3ccc4c(c3)OCO4)CC1)[C@H]1C(=O)O[C@H](c3ccccc3)[C@H](c3ccccc3)N1[C@@H]2c1ccccc1OCCO)c1ccccc1. The summed E-state index contributed by atoms with van der Waals surface area (Å²) < 4.78 is 24.2. The standard InChI is InChI=1S/C56H53N5O9/c1-36(38-15-5-2-6-16-38)57-55(66)60-43-23-13-12-22-42(43)56(54(60)65)47(52(63)59-29-27-58(28-30-59)34-37-25-26-45-46(33-37)69-35-68-45)49-53(64)70-50(40-19-9-4-10-20-40)48(39-17-7-3-8-18-39)61(49)51(56)41-21-11-14-24-44(41)67-32-31-62/h2-26,33,36,47-51,62H,27-32,34-35H2,1H3,(H,57,66)/t36-,47+,48+,49+,50-,51-,56+/m1/s1. The summed E-state index contributed by atoms with van der Waals surface area (Å²) in [6, 6.07) is 44.6. The molecule has 356 valence electrons. The van der Waals surface area contributed by atoms with Gasteiger partial charge in [0.05, 0.1) is 36.3 Å². The number of morpholine rings is 1. The highest BCUT2D eigenvalue weighted by Crippen LogP contribution is 2.67. The second kappa shape index (κ2) is 18.8. The average Bonchev–Trinajstić information content (AvgIpc) is 4.07. The number of nitrogens with zero attached hydrogens (tertiary/aromatic N) is 4. The number of fused-ring (bicyclic) bond motifs is 4. The Morgan fingerprint density at radius 3 is 2.16 bits per heavy atom. The van der Waals surface area contributed by atoms with Crippen molar-refractivity contribution in [3.8, 4) is 17.2 Å². The highest BCUT2D eigenvalue weighted by atomic mass is 16.7. The summed E-state index contributed by atoms with van der Waals surface area (Å²) in [7, 11) is 0. The first-order valence-corrected chi connectivity index (χ1v) is 23.9. The Kier molecular flexibility index (Phi) is 12.0. The van der Waals surface area contributed by atoms with Crippen molar-refractivity contribution in [2.75, 3.05) is 51.1 Å². The largest absolute Gasteiger partial charge is 0.491 e. The molecule has 70 heavy (non-hydrogen) atoms. The number of carbonyl (C=O) groups is 4. The second-order valence-corrected chi connectivity index (χ2v) is 18.4. The molecule has 5 aliphatic heterocycles. The molecule has 2 N–H and O–H groups in total. The highest BCUT2D eigenvalue weighted by molar-refractivity contribution is 6.24. The third kappa shape index (κ3) is 7.63. The summed E-state index contributed by atoms with van der Waals surface area (Å²) in [5.74, 6) is -1.37. The fourth-order valence-electron chi connectivity index (χ4n) is 11.5. The van der Waals surface area contributed by atoms with Crippen LogP contribution in [0.15, 0.2) is 158 Å². The lowest BCUT2D eigenvalue weighted by atomic mass is 9.65. The van der Waals surface area contributed by atoms with Gasteiger partial charge < -0.3 is 34.3 Å². The predicted molar refractivity (Wildman–Crippen MR) is 259 cm³/mol. The molecule has 0 unspecified atom stereocenters. The van der Waals surface area contributed by atoms with E-state index in [-0.39, 0.29) is 20.0 Å². The van der Waals surface area contributed by atoms with Crippen LogP contribution in [0.5, 0.6) is 17.2 Å². The van der Waals surface area contributed by atoms with E-state index in [1.54, 1.807) is 29.2 Å². The van der Waals surface area contributed by atoms with Crippen molar-refractivity contribution in [1.29, 1.82) is 0 Å². The lowest BCUT2D eigenvalue weighted by Gasteiger charge is -2.46. The van der Waals surface area contributed by atoms with Crippen LogP contribution in [0.1, 0.15) is 64.5 Å². The van der Waals surface area contributed by atoms with Gasteiger partial charge >= 0.3 is 12.0 Å². The van der Waals surface area contributed by atoms with Crippen molar-refractivity contribution in [2.24, 2.45) is 5.92 Å². The van der Waals surface area contributed by atoms with Gasteiger partial charge in [0.15, 0.2) is 11.5 Å². The summed E-state index contributed by atoms with van der Waals surface area (Å²) in [6.45, 7) is 3.93. The number of ether oxygens (including phenoxy) is 4. The quantitative estimate of drug-likeness (QED) is 0.126. The minimum atomic E-state index is -1.93. The van der Waals surface area contributed by atoms with Crippen molar-refractivity contribution >= 4 is 29.5 Å². The van der Waals surface area contributed by atoms with Crippen LogP contribution in [0, 0.1) is 5.92 Å². The molecule has 0 bridgehead atoms. The van der Waals surface area contributed by atoms with Gasteiger partial charge in [0.2, 0.25) is 18.6 Å². The number of aliphatic hydroxyl groups excluding tert-OH is 1. The van der Waals surface area contributed by atoms with Crippen LogP contribution in [0.25, 0.3) is 0 Å². The molecule has 5 heterocycles. The first-order valence-electron chi connectivity index (χ1n) is 23.9. The number of hydrogen-bond acceptors (Lipinski definition) is 11. The lowest BCUT2D eigenvalue weighted by molar-refractivity contribution is -0.179. The van der Waals surface area contributed by atoms with Crippen molar-refractivity contribution in [2.45, 2.75) is 49.2 Å². The number of para-hydroxylation sites is 2. The molecule has 5 aliphatic rings. The second-order valence-electron chi connectivity index (χ2n) is 18.4. The number of cyclic esters (lactones) is 1. The lowest BCUT2D eigenvalue weighted by Crippen LogP contribution is -2.59. The van der Waals surface area contributed by atoms with Crippen molar-refractivity contribution < 1.29 is 43.2 Å². The molecule has 7 atom stereocenters. The molecule has 3 fully saturated rings. The number of urea groups is 1. The van der Waals surface area contributed by atoms with Gasteiger partial charge in [-0.05, 0) is 59.0 Å². The number of carbonyl (C=O) groups excluding carboxylic acids is 4. The Hall–Kier alpha value is -7.52. The van der Waals surface area contributed by atoms with E-state index in [0.717, 1.165) is 22.3 Å². The number of amides is 4. The Morgan fingerprint density at radius 1 is 0.757 bits per heavy atom. The number of anilines is 1. The number of esters is 1. The molecular formula is C56H53N5O9. The summed E-state index contributed by atoms with van der Waals surface area (Å²) in [6.07, 6.45) is -0.885. The number of hydrogen-bond donors (Lipinski definition) is 2. The van der Waals surface area contributed by atoms with Gasteiger partial charge in [-0.3, -0.25) is 24.2 Å². The van der Waals surface area contributed by atoms with Crippen LogP contribution >= 0.6 is 0 Å². The van der Waals surface area contributed by atoms with Crippen LogP contribution in [0.3, 0.4) is 0 Å². The van der Waals surface area contributed by atoms with E-state index in [0.29, 0.717) is 66.8 Å². The number of imide groups is 1. The van der Waals surface area contributed by atoms with E-state index in [1.807, 2.05) is 145 Å². The number of aliphatic hydroxyl groups is 1. The van der Waals surface area contributed by atoms with Gasteiger partial charge in [0.25, 0.3) is 0 Å². The van der Waals surface area contributed by atoms with E-state index in [2.05, 4.69) is 10.2 Å². The van der Waals surface area contributed by atoms with Crippen molar-refractivity contribution in [3.63, 3.8) is 0 Å². The predicted octanol–water partition coefficient (Wildman–Crippen LogP) is 7.27. The Balaban J connectivity index is 1.09. The van der Waals surface area contributed by atoms with Gasteiger partial charge in [-0.2, -0.15) is 0 Å². The summed E-state index contributed by atoms with van der Waals surface area (Å²) in [5, 5.41) is 13.2. The third-order valence-corrected chi connectivity index (χ3v) is 14.6. The molecule has 11 rings (SSSR count). The molecule has 6 aromatic rings. The van der Waals surface area contributed by atoms with Gasteiger partial charge in [0.1, 0.15) is 29.9 Å². The molecule has 1 spiro atoms. The maximum Gasteiger partial charge on any atom is 0.329 e. The van der Waals surface area contributed by atoms with Crippen molar-refractivity contribution in [1.82, 2.24) is 20.0 Å². The van der Waals surface area contributed by atoms with Crippen LogP contribution in [-0.4, -0.2) is 95.8 Å². The van der Waals surface area contributed by atoms with Gasteiger partial charge in [-0.15, -0.1) is 0 Å². The minimum Gasteiger partial charge on any atom is -0.491 e. The van der Waals surface area contributed by atoms with E-state index in [1.165, 1.54) is 4.90 Å². The molecule has 3 saturated heterocycles. The number of piperazine rings is 1. The topological polar surface area (TPSA) is 150 Å². The maximum absolute atomic E-state index is 16.6. The number of benzene rings is 6. The van der Waals surface area contributed by atoms with E-state index < -0.39 is 65.4 Å². The Labute approximate surface area is 405 Å². The highest BCUT2D eigenvalue weighted by Gasteiger charge is 2.76. The van der Waals surface area contributed by atoms with Gasteiger partial charge in [0, 0.05) is 38.3 Å². The number of nitrogens with one attached hydrogen (secondary N) is 1. The van der Waals surface area contributed by atoms with Crippen LogP contribution in [-0.2, 0) is 31.1 Å². The smallest absolute Gasteiger partial charge is 0.329 e. The first kappa shape index (κ1) is 45.0. The molecule has 0 saturated carbocycles. The number of rotatable bonds is 11. The minimum absolute atomic E-state index is 0.0632. The van der Waals surface area contributed by atoms with Gasteiger partial charge in [-0.25, -0.2) is 9.69 Å². The molecule has 0 aromatic heterocycles. The molecular weight excluding hydrogens is 887 g/mol. The molecule has 0 radical (unpaired) electrons. The zero-order valence-corrected chi connectivity index (χ0v) is 38.6. The van der Waals surface area contributed by atoms with Crippen LogP contribution in [0.4, 0.5) is 10.5 Å². The van der Waals surface area contributed by atoms with Crippen LogP contribution < -0.4 is 24.4 Å². The van der Waals surface area contributed by atoms with E-state index in [4.69, 9.17) is 18.9 Å². The summed E-state index contributed by atoms with van der Waals surface area (Å²) in [4.78, 5) is 70.7. The fourth-order valence-corrected chi connectivity index (χ4v) is 11.5. The molecule has 0 aliphatic carbocycles. The average molecular weight is 940 g/mol. The zero-order valence-electron chi connectivity index (χ0n) is 38.6. The summed E-state index contributed by atoms with van der Waals surface area (Å²) in [5.41, 5.74) is 2.70. The Bertz CT molecular complexity index is 2920. The molecule has 6 aromatic carbocycles. The monoisotopic (exact) mass is 939 g/mol. The first-order chi connectivity index (χ1) is 34.3. The molecule has 14 heteroatoms. The van der Waals surface area contributed by atoms with Crippen LogP contribution in [0.2, 0.25) is 0 Å². The van der Waals surface area contributed by atoms with Crippen molar-refractivity contribution in [3.05, 3.63) is 191 Å².